The van der Waals surface area contributed by atoms with Gasteiger partial charge in [-0.25, -0.2) is 4.39 Å². The third-order valence-corrected chi connectivity index (χ3v) is 1.79. The lowest BCUT2D eigenvalue weighted by molar-refractivity contribution is -0.111. The first-order valence-electron chi connectivity index (χ1n) is 4.02. The number of halogens is 2. The van der Waals surface area contributed by atoms with Crippen LogP contribution in [-0.2, 0) is 4.79 Å². The molecule has 0 heterocycles. The molecular weight excluding hydrogens is 205 g/mol. The molecule has 2 nitrogen and oxygen atoms in total. The van der Waals surface area contributed by atoms with E-state index in [1.165, 1.54) is 24.3 Å². The van der Waals surface area contributed by atoms with Crippen LogP contribution in [0.2, 0.25) is 5.02 Å². The van der Waals surface area contributed by atoms with Crippen LogP contribution in [0.25, 0.3) is 0 Å². The van der Waals surface area contributed by atoms with Gasteiger partial charge in [0.05, 0.1) is 5.02 Å². The van der Waals surface area contributed by atoms with Crippen LogP contribution in [0, 0.1) is 5.82 Å². The van der Waals surface area contributed by atoms with Crippen LogP contribution in [0.3, 0.4) is 0 Å². The number of anilines is 1. The summed E-state index contributed by atoms with van der Waals surface area (Å²) in [7, 11) is 0. The lowest BCUT2D eigenvalue weighted by Crippen LogP contribution is -2.07. The number of nitrogens with one attached hydrogen (secondary N) is 1. The van der Waals surface area contributed by atoms with E-state index in [9.17, 15) is 9.18 Å². The first-order valence-corrected chi connectivity index (χ1v) is 4.40. The van der Waals surface area contributed by atoms with Crippen molar-refractivity contribution in [3.63, 3.8) is 0 Å². The van der Waals surface area contributed by atoms with Crippen molar-refractivity contribution in [3.05, 3.63) is 41.2 Å². The summed E-state index contributed by atoms with van der Waals surface area (Å²) in [5.74, 6) is -0.772. The molecule has 0 fully saturated rings. The predicted octanol–water partition coefficient (Wildman–Crippen LogP) is 2.99. The standard InChI is InChI=1S/C10H9ClFNO/c1-2-3-10(14)13-7-4-5-9(12)8(11)6-7/h2-6H,1H3,(H,13,14)/b3-2+. The molecule has 74 valence electrons. The van der Waals surface area contributed by atoms with Gasteiger partial charge in [-0.05, 0) is 31.2 Å². The molecule has 0 bridgehead atoms. The van der Waals surface area contributed by atoms with Crippen LogP contribution in [0.1, 0.15) is 6.92 Å². The number of allylic oxidation sites excluding steroid dienone is 1. The average Bonchev–Trinajstić information content (AvgIpc) is 2.12. The molecular formula is C10H9ClFNO. The van der Waals surface area contributed by atoms with Crippen molar-refractivity contribution in [1.82, 2.24) is 0 Å². The average molecular weight is 214 g/mol. The van der Waals surface area contributed by atoms with Crippen LogP contribution < -0.4 is 5.32 Å². The maximum Gasteiger partial charge on any atom is 0.248 e. The predicted molar refractivity (Wildman–Crippen MR) is 54.9 cm³/mol. The molecule has 4 heteroatoms. The lowest BCUT2D eigenvalue weighted by Gasteiger charge is -2.02. The molecule has 14 heavy (non-hydrogen) atoms. The molecule has 0 saturated heterocycles. The van der Waals surface area contributed by atoms with E-state index in [1.807, 2.05) is 0 Å². The minimum absolute atomic E-state index is 0.0109. The fourth-order valence-electron chi connectivity index (χ4n) is 0.909. The van der Waals surface area contributed by atoms with Crippen molar-refractivity contribution >= 4 is 23.2 Å². The van der Waals surface area contributed by atoms with Crippen LogP contribution in [0.15, 0.2) is 30.4 Å². The van der Waals surface area contributed by atoms with Crippen LogP contribution >= 0.6 is 11.6 Å². The van der Waals surface area contributed by atoms with Gasteiger partial charge in [-0.1, -0.05) is 17.7 Å². The SMILES string of the molecule is C/C=C/C(=O)Nc1ccc(F)c(Cl)c1. The molecule has 0 atom stereocenters. The summed E-state index contributed by atoms with van der Waals surface area (Å²) >= 11 is 5.53. The summed E-state index contributed by atoms with van der Waals surface area (Å²) in [6, 6.07) is 4.01. The second-order valence-electron chi connectivity index (χ2n) is 2.62. The molecule has 0 aliphatic rings. The first-order chi connectivity index (χ1) is 6.63. The highest BCUT2D eigenvalue weighted by Gasteiger charge is 2.02. The third-order valence-electron chi connectivity index (χ3n) is 1.51. The normalized spacial score (nSPS) is 10.5. The van der Waals surface area contributed by atoms with Crippen molar-refractivity contribution in [2.75, 3.05) is 5.32 Å². The van der Waals surface area contributed by atoms with Gasteiger partial charge < -0.3 is 5.32 Å². The fraction of sp³-hybridized carbons (Fsp3) is 0.100. The fourth-order valence-corrected chi connectivity index (χ4v) is 1.09. The van der Waals surface area contributed by atoms with Crippen molar-refractivity contribution in [2.45, 2.75) is 6.92 Å². The molecule has 1 rings (SSSR count). The number of carbonyl (C=O) groups is 1. The Kier molecular flexibility index (Phi) is 3.65. The Morgan fingerprint density at radius 2 is 2.29 bits per heavy atom. The highest BCUT2D eigenvalue weighted by atomic mass is 35.5. The topological polar surface area (TPSA) is 29.1 Å². The molecule has 0 unspecified atom stereocenters. The molecule has 0 spiro atoms. The van der Waals surface area contributed by atoms with Gasteiger partial charge in [-0.2, -0.15) is 0 Å². The molecule has 1 amide bonds. The molecule has 1 N–H and O–H groups in total. The first kappa shape index (κ1) is 10.7. The summed E-state index contributed by atoms with van der Waals surface area (Å²) in [5.41, 5.74) is 0.472. The van der Waals surface area contributed by atoms with Gasteiger partial charge >= 0.3 is 0 Å². The molecule has 0 aliphatic heterocycles. The number of amides is 1. The van der Waals surface area contributed by atoms with Crippen LogP contribution in [0.4, 0.5) is 10.1 Å². The second kappa shape index (κ2) is 4.77. The summed E-state index contributed by atoms with van der Waals surface area (Å²) in [5, 5.41) is 2.52. The zero-order valence-electron chi connectivity index (χ0n) is 7.55. The largest absolute Gasteiger partial charge is 0.322 e. The molecule has 0 aromatic heterocycles. The van der Waals surface area contributed by atoms with E-state index >= 15 is 0 Å². The van der Waals surface area contributed by atoms with Gasteiger partial charge in [-0.3, -0.25) is 4.79 Å². The lowest BCUT2D eigenvalue weighted by atomic mass is 10.3. The van der Waals surface area contributed by atoms with E-state index in [0.29, 0.717) is 5.69 Å². The van der Waals surface area contributed by atoms with Gasteiger partial charge in [0.2, 0.25) is 5.91 Å². The summed E-state index contributed by atoms with van der Waals surface area (Å²) in [6.07, 6.45) is 2.98. The van der Waals surface area contributed by atoms with Crippen molar-refractivity contribution in [2.24, 2.45) is 0 Å². The van der Waals surface area contributed by atoms with Crippen molar-refractivity contribution < 1.29 is 9.18 Å². The zero-order valence-corrected chi connectivity index (χ0v) is 8.31. The van der Waals surface area contributed by atoms with E-state index in [2.05, 4.69) is 5.32 Å². The van der Waals surface area contributed by atoms with E-state index in [0.717, 1.165) is 0 Å². The molecule has 0 radical (unpaired) electrons. The minimum atomic E-state index is -0.504. The van der Waals surface area contributed by atoms with E-state index < -0.39 is 5.82 Å². The Hall–Kier alpha value is -1.35. The number of rotatable bonds is 2. The summed E-state index contributed by atoms with van der Waals surface area (Å²) in [6.45, 7) is 1.73. The van der Waals surface area contributed by atoms with Crippen LogP contribution in [-0.4, -0.2) is 5.91 Å². The number of hydrogen-bond acceptors (Lipinski definition) is 1. The number of carbonyl (C=O) groups excluding carboxylic acids is 1. The van der Waals surface area contributed by atoms with Gasteiger partial charge in [0.25, 0.3) is 0 Å². The Labute approximate surface area is 86.4 Å². The second-order valence-corrected chi connectivity index (χ2v) is 3.03. The maximum absolute atomic E-state index is 12.7. The minimum Gasteiger partial charge on any atom is -0.322 e. The maximum atomic E-state index is 12.7. The highest BCUT2D eigenvalue weighted by Crippen LogP contribution is 2.19. The third kappa shape index (κ3) is 2.85. The molecule has 0 aliphatic carbocycles. The van der Waals surface area contributed by atoms with E-state index in [4.69, 9.17) is 11.6 Å². The Morgan fingerprint density at radius 3 is 2.86 bits per heavy atom. The quantitative estimate of drug-likeness (QED) is 0.752. The van der Waals surface area contributed by atoms with E-state index in [1.54, 1.807) is 13.0 Å². The van der Waals surface area contributed by atoms with Crippen LogP contribution in [0.5, 0.6) is 0 Å². The smallest absolute Gasteiger partial charge is 0.248 e. The molecule has 1 aromatic rings. The Bertz CT molecular complexity index is 376. The highest BCUT2D eigenvalue weighted by molar-refractivity contribution is 6.31. The van der Waals surface area contributed by atoms with Gasteiger partial charge in [0.15, 0.2) is 0 Å². The number of hydrogen-bond donors (Lipinski definition) is 1. The van der Waals surface area contributed by atoms with Gasteiger partial charge in [0.1, 0.15) is 5.82 Å². The van der Waals surface area contributed by atoms with E-state index in [-0.39, 0.29) is 10.9 Å². The summed E-state index contributed by atoms with van der Waals surface area (Å²) in [4.78, 5) is 11.1. The van der Waals surface area contributed by atoms with Crippen molar-refractivity contribution in [1.29, 1.82) is 0 Å². The Morgan fingerprint density at radius 1 is 1.57 bits per heavy atom. The number of benzene rings is 1. The monoisotopic (exact) mass is 213 g/mol. The summed E-state index contributed by atoms with van der Waals surface area (Å²) < 4.78 is 12.7. The van der Waals surface area contributed by atoms with Crippen molar-refractivity contribution in [3.8, 4) is 0 Å². The molecule has 1 aromatic carbocycles. The van der Waals surface area contributed by atoms with Gasteiger partial charge in [0, 0.05) is 5.69 Å². The molecule has 0 saturated carbocycles. The Balaban J connectivity index is 2.78. The zero-order chi connectivity index (χ0) is 10.6. The van der Waals surface area contributed by atoms with Gasteiger partial charge in [-0.15, -0.1) is 0 Å².